The molecule has 0 saturated carbocycles. The van der Waals surface area contributed by atoms with Gasteiger partial charge in [0.15, 0.2) is 0 Å². The van der Waals surface area contributed by atoms with E-state index in [0.29, 0.717) is 15.4 Å². The molecule has 88 valence electrons. The van der Waals surface area contributed by atoms with Gasteiger partial charge in [-0.1, -0.05) is 30.0 Å². The maximum Gasteiger partial charge on any atom is 0.137 e. The van der Waals surface area contributed by atoms with Gasteiger partial charge in [0.05, 0.1) is 0 Å². The van der Waals surface area contributed by atoms with Gasteiger partial charge in [-0.25, -0.2) is 8.78 Å². The lowest BCUT2D eigenvalue weighted by Crippen LogP contribution is -2.01. The Hall–Kier alpha value is -1.39. The second kappa shape index (κ2) is 5.29. The summed E-state index contributed by atoms with van der Waals surface area (Å²) in [6.45, 7) is 0.101. The Morgan fingerprint density at radius 1 is 0.882 bits per heavy atom. The molecule has 0 aromatic heterocycles. The molecule has 0 radical (unpaired) electrons. The van der Waals surface area contributed by atoms with E-state index in [2.05, 4.69) is 0 Å². The second-order valence-corrected chi connectivity index (χ2v) is 4.54. The van der Waals surface area contributed by atoms with Gasteiger partial charge in [-0.3, -0.25) is 0 Å². The number of hydrogen-bond donors (Lipinski definition) is 1. The van der Waals surface area contributed by atoms with Crippen LogP contribution in [0.5, 0.6) is 0 Å². The summed E-state index contributed by atoms with van der Waals surface area (Å²) in [4.78, 5) is 1.12. The average Bonchev–Trinajstić information content (AvgIpc) is 2.32. The van der Waals surface area contributed by atoms with Gasteiger partial charge in [0.2, 0.25) is 0 Å². The third-order valence-electron chi connectivity index (χ3n) is 2.34. The molecule has 2 aromatic rings. The Balaban J connectivity index is 2.37. The van der Waals surface area contributed by atoms with E-state index in [-0.39, 0.29) is 18.2 Å². The van der Waals surface area contributed by atoms with E-state index in [9.17, 15) is 8.78 Å². The summed E-state index contributed by atoms with van der Waals surface area (Å²) in [5.41, 5.74) is 5.91. The predicted octanol–water partition coefficient (Wildman–Crippen LogP) is 3.57. The van der Waals surface area contributed by atoms with Gasteiger partial charge < -0.3 is 5.73 Å². The van der Waals surface area contributed by atoms with Crippen molar-refractivity contribution in [3.63, 3.8) is 0 Å². The second-order valence-electron chi connectivity index (χ2n) is 3.45. The minimum absolute atomic E-state index is 0.101. The predicted molar refractivity (Wildman–Crippen MR) is 64.8 cm³/mol. The number of rotatable bonds is 3. The highest BCUT2D eigenvalue weighted by atomic mass is 32.2. The van der Waals surface area contributed by atoms with Gasteiger partial charge in [-0.2, -0.15) is 0 Å². The molecule has 0 aliphatic rings. The van der Waals surface area contributed by atoms with Crippen molar-refractivity contribution in [1.82, 2.24) is 0 Å². The van der Waals surface area contributed by atoms with Gasteiger partial charge in [0.1, 0.15) is 11.6 Å². The Morgan fingerprint density at radius 3 is 2.24 bits per heavy atom. The first kappa shape index (κ1) is 12.1. The minimum atomic E-state index is -0.353. The van der Waals surface area contributed by atoms with Gasteiger partial charge >= 0.3 is 0 Å². The van der Waals surface area contributed by atoms with Gasteiger partial charge in [-0.05, 0) is 24.3 Å². The zero-order valence-electron chi connectivity index (χ0n) is 8.99. The van der Waals surface area contributed by atoms with Crippen LogP contribution in [0, 0.1) is 11.6 Å². The standard InChI is InChI=1S/C13H11F2NS/c14-10-5-3-7-12(9(10)8-16)17-13-6-2-1-4-11(13)15/h1-7H,8,16H2. The molecule has 0 fully saturated rings. The molecule has 17 heavy (non-hydrogen) atoms. The van der Waals surface area contributed by atoms with Gasteiger partial charge in [-0.15, -0.1) is 0 Å². The third-order valence-corrected chi connectivity index (χ3v) is 3.49. The lowest BCUT2D eigenvalue weighted by molar-refractivity contribution is 0.599. The van der Waals surface area contributed by atoms with Crippen molar-refractivity contribution >= 4 is 11.8 Å². The van der Waals surface area contributed by atoms with E-state index in [0.717, 1.165) is 0 Å². The van der Waals surface area contributed by atoms with Crippen LogP contribution in [-0.4, -0.2) is 0 Å². The van der Waals surface area contributed by atoms with Crippen molar-refractivity contribution in [2.24, 2.45) is 5.73 Å². The molecule has 2 N–H and O–H groups in total. The average molecular weight is 251 g/mol. The number of benzene rings is 2. The molecule has 4 heteroatoms. The highest BCUT2D eigenvalue weighted by molar-refractivity contribution is 7.99. The zero-order valence-corrected chi connectivity index (χ0v) is 9.81. The molecule has 0 heterocycles. The van der Waals surface area contributed by atoms with Crippen molar-refractivity contribution in [3.8, 4) is 0 Å². The van der Waals surface area contributed by atoms with Gasteiger partial charge in [0.25, 0.3) is 0 Å². The quantitative estimate of drug-likeness (QED) is 0.902. The molecule has 0 aliphatic carbocycles. The first-order chi connectivity index (χ1) is 8.22. The molecule has 0 unspecified atom stereocenters. The first-order valence-corrected chi connectivity index (χ1v) is 5.94. The highest BCUT2D eigenvalue weighted by Gasteiger charge is 2.10. The third kappa shape index (κ3) is 2.65. The molecule has 2 aromatic carbocycles. The largest absolute Gasteiger partial charge is 0.326 e. The summed E-state index contributed by atoms with van der Waals surface area (Å²) in [6.07, 6.45) is 0. The Morgan fingerprint density at radius 2 is 1.53 bits per heavy atom. The SMILES string of the molecule is NCc1c(F)cccc1Sc1ccccc1F. The maximum atomic E-state index is 13.5. The van der Waals surface area contributed by atoms with Crippen LogP contribution in [0.1, 0.15) is 5.56 Å². The van der Waals surface area contributed by atoms with E-state index >= 15 is 0 Å². The van der Waals surface area contributed by atoms with Crippen molar-refractivity contribution < 1.29 is 8.78 Å². The molecule has 0 atom stereocenters. The smallest absolute Gasteiger partial charge is 0.137 e. The highest BCUT2D eigenvalue weighted by Crippen LogP contribution is 2.32. The summed E-state index contributed by atoms with van der Waals surface area (Å²) in [5.74, 6) is -0.668. The fourth-order valence-corrected chi connectivity index (χ4v) is 2.48. The molecule has 2 rings (SSSR count). The van der Waals surface area contributed by atoms with Crippen molar-refractivity contribution in [3.05, 3.63) is 59.7 Å². The molecular formula is C13H11F2NS. The maximum absolute atomic E-state index is 13.5. The molecule has 0 amide bonds. The molecule has 0 bridgehead atoms. The van der Waals surface area contributed by atoms with Crippen LogP contribution in [0.2, 0.25) is 0 Å². The van der Waals surface area contributed by atoms with Crippen LogP contribution in [0.4, 0.5) is 8.78 Å². The molecule has 0 saturated heterocycles. The van der Waals surface area contributed by atoms with Crippen molar-refractivity contribution in [2.75, 3.05) is 0 Å². The van der Waals surface area contributed by atoms with E-state index in [1.807, 2.05) is 0 Å². The molecular weight excluding hydrogens is 240 g/mol. The summed E-state index contributed by atoms with van der Waals surface area (Å²) in [7, 11) is 0. The van der Waals surface area contributed by atoms with E-state index < -0.39 is 0 Å². The minimum Gasteiger partial charge on any atom is -0.326 e. The first-order valence-electron chi connectivity index (χ1n) is 5.12. The van der Waals surface area contributed by atoms with Crippen LogP contribution >= 0.6 is 11.8 Å². The molecule has 1 nitrogen and oxygen atoms in total. The van der Waals surface area contributed by atoms with Crippen LogP contribution in [0.15, 0.2) is 52.3 Å². The van der Waals surface area contributed by atoms with E-state index in [4.69, 9.17) is 5.73 Å². The van der Waals surface area contributed by atoms with Crippen LogP contribution in [0.25, 0.3) is 0 Å². The number of hydrogen-bond acceptors (Lipinski definition) is 2. The van der Waals surface area contributed by atoms with Gasteiger partial charge in [0, 0.05) is 21.9 Å². The molecule has 0 spiro atoms. The van der Waals surface area contributed by atoms with Crippen LogP contribution < -0.4 is 5.73 Å². The van der Waals surface area contributed by atoms with E-state index in [1.165, 1.54) is 23.9 Å². The lowest BCUT2D eigenvalue weighted by Gasteiger charge is -2.08. The Labute approximate surface area is 103 Å². The lowest BCUT2D eigenvalue weighted by atomic mass is 10.2. The topological polar surface area (TPSA) is 26.0 Å². The normalized spacial score (nSPS) is 10.5. The summed E-state index contributed by atoms with van der Waals surface area (Å²) in [5, 5.41) is 0. The van der Waals surface area contributed by atoms with Crippen LogP contribution in [-0.2, 0) is 6.54 Å². The summed E-state index contributed by atoms with van der Waals surface area (Å²) >= 11 is 1.18. The fraction of sp³-hybridized carbons (Fsp3) is 0.0769. The fourth-order valence-electron chi connectivity index (χ4n) is 1.48. The van der Waals surface area contributed by atoms with Crippen molar-refractivity contribution in [1.29, 1.82) is 0 Å². The van der Waals surface area contributed by atoms with E-state index in [1.54, 1.807) is 30.3 Å². The Kier molecular flexibility index (Phi) is 3.76. The zero-order chi connectivity index (χ0) is 12.3. The van der Waals surface area contributed by atoms with Crippen LogP contribution in [0.3, 0.4) is 0 Å². The number of nitrogens with two attached hydrogens (primary N) is 1. The monoisotopic (exact) mass is 251 g/mol. The van der Waals surface area contributed by atoms with Crippen molar-refractivity contribution in [2.45, 2.75) is 16.3 Å². The number of halogens is 2. The Bertz CT molecular complexity index is 529. The molecule has 0 aliphatic heterocycles. The summed E-state index contributed by atoms with van der Waals surface area (Å²) < 4.78 is 26.9. The summed E-state index contributed by atoms with van der Waals surface area (Å²) in [6, 6.07) is 11.1.